The number of nitrogens with one attached hydrogen (secondary N) is 2. The number of carbonyl (C=O) groups is 1. The number of hydrogen-bond donors (Lipinski definition) is 3. The highest BCUT2D eigenvalue weighted by atomic mass is 35.5. The zero-order valence-electron chi connectivity index (χ0n) is 17.8. The normalized spacial score (nSPS) is 33.7. The molecule has 1 amide bonds. The second-order valence-corrected chi connectivity index (χ2v) is 10.1. The Morgan fingerprint density at radius 2 is 1.84 bits per heavy atom. The molecule has 1 aromatic rings. The second-order valence-electron chi connectivity index (χ2n) is 10.1. The van der Waals surface area contributed by atoms with E-state index in [1.54, 1.807) is 17.8 Å². The fourth-order valence-corrected chi connectivity index (χ4v) is 7.06. The van der Waals surface area contributed by atoms with Crippen LogP contribution in [0.3, 0.4) is 0 Å². The van der Waals surface area contributed by atoms with E-state index in [9.17, 15) is 4.79 Å². The lowest BCUT2D eigenvalue weighted by molar-refractivity contribution is -0.124. The molecular formula is C23H34Cl2N4O2. The molecule has 1 aliphatic heterocycles. The van der Waals surface area contributed by atoms with E-state index in [-0.39, 0.29) is 24.8 Å². The zero-order valence-corrected chi connectivity index (χ0v) is 19.5. The molecular weight excluding hydrogens is 435 g/mol. The molecule has 1 saturated heterocycles. The number of nitrogens with zero attached hydrogens (tertiary/aromatic N) is 2. The molecule has 5 aliphatic rings. The number of anilines is 1. The number of halogens is 2. The predicted molar refractivity (Wildman–Crippen MR) is 127 cm³/mol. The molecule has 2 heterocycles. The summed E-state index contributed by atoms with van der Waals surface area (Å²) in [5, 5.41) is 12.1. The lowest BCUT2D eigenvalue weighted by atomic mass is 9.49. The molecule has 6 rings (SSSR count). The van der Waals surface area contributed by atoms with E-state index in [2.05, 4.69) is 15.2 Å². The zero-order chi connectivity index (χ0) is 19.8. The van der Waals surface area contributed by atoms with Gasteiger partial charge in [0.05, 0.1) is 0 Å². The standard InChI is InChI=1S/C23H32N4O2.2ClH/c28-22(26-29)4-2-16-1-3-21(24-13-16)25-20-5-6-27(14-20)15-23-10-17-7-18(11-23)9-19(8-17)12-23;;/h1-4,13,17-20,29H,5-12,14-15H2,(H,24,25)(H,26,28);2*1H/b4-2+;;. The maximum absolute atomic E-state index is 11.1. The average Bonchev–Trinajstić information content (AvgIpc) is 3.12. The van der Waals surface area contributed by atoms with E-state index in [1.807, 2.05) is 12.1 Å². The third kappa shape index (κ3) is 5.54. The molecule has 8 heteroatoms. The minimum Gasteiger partial charge on any atom is -0.366 e. The highest BCUT2D eigenvalue weighted by molar-refractivity contribution is 5.90. The lowest BCUT2D eigenvalue weighted by Gasteiger charge is -2.57. The van der Waals surface area contributed by atoms with Crippen molar-refractivity contribution in [2.24, 2.45) is 23.2 Å². The predicted octanol–water partition coefficient (Wildman–Crippen LogP) is 4.15. The molecule has 4 saturated carbocycles. The van der Waals surface area contributed by atoms with Gasteiger partial charge in [0, 0.05) is 37.9 Å². The molecule has 0 spiro atoms. The van der Waals surface area contributed by atoms with Gasteiger partial charge in [-0.25, -0.2) is 10.5 Å². The smallest absolute Gasteiger partial charge is 0.267 e. The maximum atomic E-state index is 11.1. The van der Waals surface area contributed by atoms with Crippen molar-refractivity contribution in [3.8, 4) is 0 Å². The number of hydroxylamine groups is 1. The van der Waals surface area contributed by atoms with Crippen LogP contribution < -0.4 is 10.8 Å². The molecule has 4 bridgehead atoms. The van der Waals surface area contributed by atoms with Gasteiger partial charge in [0.25, 0.3) is 5.91 Å². The fraction of sp³-hybridized carbons (Fsp3) is 0.652. The Balaban J connectivity index is 0.00000136. The summed E-state index contributed by atoms with van der Waals surface area (Å²) in [7, 11) is 0. The van der Waals surface area contributed by atoms with Gasteiger partial charge in [-0.3, -0.25) is 10.0 Å². The molecule has 1 atom stereocenters. The minimum atomic E-state index is -0.544. The number of hydrogen-bond acceptors (Lipinski definition) is 5. The van der Waals surface area contributed by atoms with E-state index in [1.165, 1.54) is 64.1 Å². The minimum absolute atomic E-state index is 0. The Hall–Kier alpha value is -1.34. The molecule has 1 unspecified atom stereocenters. The summed E-state index contributed by atoms with van der Waals surface area (Å²) >= 11 is 0. The van der Waals surface area contributed by atoms with Crippen molar-refractivity contribution in [3.05, 3.63) is 30.0 Å². The van der Waals surface area contributed by atoms with Gasteiger partial charge in [0.15, 0.2) is 0 Å². The van der Waals surface area contributed by atoms with Crippen LogP contribution in [-0.4, -0.2) is 46.7 Å². The van der Waals surface area contributed by atoms with Crippen molar-refractivity contribution in [2.75, 3.05) is 25.0 Å². The number of rotatable bonds is 6. The number of likely N-dealkylation sites (tertiary alicyclic amines) is 1. The molecule has 0 radical (unpaired) electrons. The largest absolute Gasteiger partial charge is 0.366 e. The second kappa shape index (κ2) is 10.1. The topological polar surface area (TPSA) is 77.5 Å². The van der Waals surface area contributed by atoms with Gasteiger partial charge in [-0.2, -0.15) is 0 Å². The van der Waals surface area contributed by atoms with Crippen LogP contribution in [-0.2, 0) is 4.79 Å². The molecule has 4 aliphatic carbocycles. The number of amides is 1. The highest BCUT2D eigenvalue weighted by Gasteiger charge is 2.51. The van der Waals surface area contributed by atoms with E-state index >= 15 is 0 Å². The summed E-state index contributed by atoms with van der Waals surface area (Å²) < 4.78 is 0. The van der Waals surface area contributed by atoms with Gasteiger partial charge in [0.2, 0.25) is 0 Å². The van der Waals surface area contributed by atoms with Crippen molar-refractivity contribution in [3.63, 3.8) is 0 Å². The summed E-state index contributed by atoms with van der Waals surface area (Å²) in [6.45, 7) is 3.61. The Bertz CT molecular complexity index is 751. The summed E-state index contributed by atoms with van der Waals surface area (Å²) in [4.78, 5) is 18.2. The first-order valence-corrected chi connectivity index (χ1v) is 11.2. The number of pyridine rings is 1. The SMILES string of the molecule is Cl.Cl.O=C(/C=C/c1ccc(NC2CCN(CC34CC5CC(CC(C5)C3)C4)C2)nc1)NO. The van der Waals surface area contributed by atoms with Gasteiger partial charge in [-0.15, -0.1) is 24.8 Å². The van der Waals surface area contributed by atoms with Crippen LogP contribution in [0.1, 0.15) is 50.5 Å². The van der Waals surface area contributed by atoms with Crippen LogP contribution in [0.25, 0.3) is 6.08 Å². The summed E-state index contributed by atoms with van der Waals surface area (Å²) in [5.41, 5.74) is 3.03. The maximum Gasteiger partial charge on any atom is 0.267 e. The third-order valence-electron chi connectivity index (χ3n) is 7.67. The van der Waals surface area contributed by atoms with Gasteiger partial charge < -0.3 is 10.2 Å². The van der Waals surface area contributed by atoms with Crippen LogP contribution in [0.15, 0.2) is 24.4 Å². The van der Waals surface area contributed by atoms with E-state index in [4.69, 9.17) is 5.21 Å². The monoisotopic (exact) mass is 468 g/mol. The highest BCUT2D eigenvalue weighted by Crippen LogP contribution is 2.60. The van der Waals surface area contributed by atoms with Crippen molar-refractivity contribution >= 4 is 42.6 Å². The van der Waals surface area contributed by atoms with E-state index in [0.717, 1.165) is 35.7 Å². The van der Waals surface area contributed by atoms with Crippen molar-refractivity contribution in [2.45, 2.75) is 51.0 Å². The van der Waals surface area contributed by atoms with Crippen LogP contribution >= 0.6 is 24.8 Å². The van der Waals surface area contributed by atoms with Gasteiger partial charge >= 0.3 is 0 Å². The Kier molecular flexibility index (Phi) is 7.90. The van der Waals surface area contributed by atoms with Crippen molar-refractivity contribution in [1.29, 1.82) is 0 Å². The van der Waals surface area contributed by atoms with Crippen LogP contribution in [0.5, 0.6) is 0 Å². The Morgan fingerprint density at radius 3 is 2.42 bits per heavy atom. The quantitative estimate of drug-likeness (QED) is 0.332. The van der Waals surface area contributed by atoms with Gasteiger partial charge in [0.1, 0.15) is 5.82 Å². The Labute approximate surface area is 197 Å². The molecule has 5 fully saturated rings. The van der Waals surface area contributed by atoms with Gasteiger partial charge in [-0.05, 0) is 91.9 Å². The van der Waals surface area contributed by atoms with Crippen molar-refractivity contribution < 1.29 is 10.0 Å². The van der Waals surface area contributed by atoms with Crippen LogP contribution in [0.4, 0.5) is 5.82 Å². The molecule has 31 heavy (non-hydrogen) atoms. The summed E-state index contributed by atoms with van der Waals surface area (Å²) in [5.74, 6) is 3.42. The first kappa shape index (κ1) is 24.3. The molecule has 1 aromatic heterocycles. The summed E-state index contributed by atoms with van der Waals surface area (Å²) in [6.07, 6.45) is 14.8. The number of aromatic nitrogens is 1. The van der Waals surface area contributed by atoms with Crippen molar-refractivity contribution in [1.82, 2.24) is 15.4 Å². The van der Waals surface area contributed by atoms with E-state index in [0.29, 0.717) is 11.5 Å². The molecule has 3 N–H and O–H groups in total. The molecule has 6 nitrogen and oxygen atoms in total. The van der Waals surface area contributed by atoms with Gasteiger partial charge in [-0.1, -0.05) is 0 Å². The third-order valence-corrected chi connectivity index (χ3v) is 7.67. The first-order valence-electron chi connectivity index (χ1n) is 11.2. The first-order chi connectivity index (χ1) is 14.1. The van der Waals surface area contributed by atoms with Crippen LogP contribution in [0, 0.1) is 23.2 Å². The van der Waals surface area contributed by atoms with Crippen LogP contribution in [0.2, 0.25) is 0 Å². The summed E-state index contributed by atoms with van der Waals surface area (Å²) in [6, 6.07) is 4.34. The Morgan fingerprint density at radius 1 is 1.16 bits per heavy atom. The lowest BCUT2D eigenvalue weighted by Crippen LogP contribution is -2.51. The van der Waals surface area contributed by atoms with E-state index < -0.39 is 5.91 Å². The average molecular weight is 469 g/mol. The fourth-order valence-electron chi connectivity index (χ4n) is 7.06. The molecule has 172 valence electrons. The number of carbonyl (C=O) groups excluding carboxylic acids is 1. The molecule has 0 aromatic carbocycles.